The van der Waals surface area contributed by atoms with Crippen molar-refractivity contribution in [2.45, 2.75) is 0 Å². The zero-order chi connectivity index (χ0) is 8.59. The van der Waals surface area contributed by atoms with E-state index in [9.17, 15) is 4.39 Å². The maximum Gasteiger partial charge on any atom is 0.164 e. The highest BCUT2D eigenvalue weighted by Crippen LogP contribution is 2.37. The monoisotopic (exact) mass is 214 g/mol. The molecule has 1 nitrogen and oxygen atoms in total. The van der Waals surface area contributed by atoms with Crippen molar-refractivity contribution < 1.29 is 9.50 Å². The number of phenols is 1. The molecule has 0 bridgehead atoms. The van der Waals surface area contributed by atoms with Gasteiger partial charge in [0.1, 0.15) is 5.02 Å². The summed E-state index contributed by atoms with van der Waals surface area (Å²) in [6, 6.07) is 1.08. The molecule has 0 spiro atoms. The van der Waals surface area contributed by atoms with Crippen LogP contribution in [0.5, 0.6) is 5.75 Å². The summed E-state index contributed by atoms with van der Waals surface area (Å²) in [6.45, 7) is 0. The minimum absolute atomic E-state index is 0.0681. The van der Waals surface area contributed by atoms with Gasteiger partial charge in [-0.2, -0.15) is 0 Å². The van der Waals surface area contributed by atoms with Crippen LogP contribution in [0.25, 0.3) is 0 Å². The molecule has 0 atom stereocenters. The number of rotatable bonds is 0. The van der Waals surface area contributed by atoms with Crippen LogP contribution < -0.4 is 0 Å². The van der Waals surface area contributed by atoms with Gasteiger partial charge in [0, 0.05) is 0 Å². The van der Waals surface area contributed by atoms with E-state index in [2.05, 4.69) is 0 Å². The first kappa shape index (κ1) is 8.91. The highest BCUT2D eigenvalue weighted by molar-refractivity contribution is 6.40. The lowest BCUT2D eigenvalue weighted by atomic mass is 10.3. The van der Waals surface area contributed by atoms with Gasteiger partial charge in [-0.15, -0.1) is 0 Å². The number of benzene rings is 1. The van der Waals surface area contributed by atoms with Crippen molar-refractivity contribution in [1.29, 1.82) is 0 Å². The summed E-state index contributed by atoms with van der Waals surface area (Å²) < 4.78 is 12.7. The Hall–Kier alpha value is -0.180. The van der Waals surface area contributed by atoms with E-state index < -0.39 is 16.6 Å². The molecular weight excluding hydrogens is 213 g/mol. The van der Waals surface area contributed by atoms with Crippen LogP contribution in [-0.2, 0) is 0 Å². The van der Waals surface area contributed by atoms with Crippen LogP contribution >= 0.6 is 34.8 Å². The Morgan fingerprint density at radius 2 is 1.73 bits per heavy atom. The molecule has 0 aliphatic rings. The highest BCUT2D eigenvalue weighted by atomic mass is 35.5. The summed E-state index contributed by atoms with van der Waals surface area (Å²) in [7, 11) is 0. The topological polar surface area (TPSA) is 20.2 Å². The Morgan fingerprint density at radius 1 is 1.18 bits per heavy atom. The molecule has 0 unspecified atom stereocenters. The quantitative estimate of drug-likeness (QED) is 0.519. The van der Waals surface area contributed by atoms with E-state index in [-0.39, 0.29) is 10.0 Å². The molecule has 1 aromatic carbocycles. The van der Waals surface area contributed by atoms with Gasteiger partial charge in [-0.1, -0.05) is 34.8 Å². The fourth-order valence-corrected chi connectivity index (χ4v) is 1.32. The van der Waals surface area contributed by atoms with Gasteiger partial charge < -0.3 is 5.11 Å². The number of halogens is 4. The zero-order valence-corrected chi connectivity index (χ0v) is 7.30. The molecule has 0 saturated heterocycles. The summed E-state index contributed by atoms with van der Waals surface area (Å²) in [4.78, 5) is 0. The molecule has 0 amide bonds. The van der Waals surface area contributed by atoms with Crippen LogP contribution in [0.2, 0.25) is 15.1 Å². The predicted molar refractivity (Wildman–Crippen MR) is 43.1 cm³/mol. The van der Waals surface area contributed by atoms with Gasteiger partial charge in [-0.25, -0.2) is 4.39 Å². The van der Waals surface area contributed by atoms with Crippen molar-refractivity contribution in [2.24, 2.45) is 0 Å². The van der Waals surface area contributed by atoms with Gasteiger partial charge in [0.15, 0.2) is 11.6 Å². The Labute approximate surface area is 77.3 Å². The molecule has 11 heavy (non-hydrogen) atoms. The summed E-state index contributed by atoms with van der Waals surface area (Å²) >= 11 is 16.0. The molecule has 0 heterocycles. The molecule has 1 aromatic rings. The van der Waals surface area contributed by atoms with Gasteiger partial charge in [-0.05, 0) is 6.07 Å². The lowest BCUT2D eigenvalue weighted by Gasteiger charge is -2.01. The summed E-state index contributed by atoms with van der Waals surface area (Å²) in [6.07, 6.45) is 0. The number of hydrogen-bond donors (Lipinski definition) is 1. The molecule has 0 saturated carbocycles. The largest absolute Gasteiger partial charge is 0.505 e. The van der Waals surface area contributed by atoms with Gasteiger partial charge in [0.05, 0.1) is 10.0 Å². The third-order valence-corrected chi connectivity index (χ3v) is 2.00. The third-order valence-electron chi connectivity index (χ3n) is 1.09. The lowest BCUT2D eigenvalue weighted by Crippen LogP contribution is -1.80. The molecule has 1 rings (SSSR count). The van der Waals surface area contributed by atoms with E-state index in [1.54, 1.807) is 0 Å². The molecular formula is C6H2Cl3FO. The highest BCUT2D eigenvalue weighted by Gasteiger charge is 2.13. The van der Waals surface area contributed by atoms with Crippen molar-refractivity contribution in [1.82, 2.24) is 0 Å². The van der Waals surface area contributed by atoms with Crippen LogP contribution in [0.4, 0.5) is 4.39 Å². The predicted octanol–water partition coefficient (Wildman–Crippen LogP) is 3.49. The number of phenolic OH excluding ortho intramolecular Hbond substituents is 1. The van der Waals surface area contributed by atoms with Crippen LogP contribution in [0, 0.1) is 5.82 Å². The first-order valence-corrected chi connectivity index (χ1v) is 3.69. The number of aromatic hydroxyl groups is 1. The van der Waals surface area contributed by atoms with Gasteiger partial charge >= 0.3 is 0 Å². The van der Waals surface area contributed by atoms with Crippen molar-refractivity contribution in [2.75, 3.05) is 0 Å². The normalized spacial score (nSPS) is 10.2. The molecule has 5 heteroatoms. The SMILES string of the molecule is Oc1c(Cl)cc(Cl)c(F)c1Cl. The van der Waals surface area contributed by atoms with E-state index in [0.717, 1.165) is 6.07 Å². The van der Waals surface area contributed by atoms with E-state index in [0.29, 0.717) is 0 Å². The second kappa shape index (κ2) is 3.05. The van der Waals surface area contributed by atoms with Gasteiger partial charge in [-0.3, -0.25) is 0 Å². The van der Waals surface area contributed by atoms with Crippen molar-refractivity contribution in [3.8, 4) is 5.75 Å². The average Bonchev–Trinajstić information content (AvgIpc) is 1.97. The zero-order valence-electron chi connectivity index (χ0n) is 5.04. The third kappa shape index (κ3) is 1.53. The Kier molecular flexibility index (Phi) is 2.47. The molecule has 0 radical (unpaired) electrons. The van der Waals surface area contributed by atoms with Gasteiger partial charge in [0.25, 0.3) is 0 Å². The van der Waals surface area contributed by atoms with Crippen LogP contribution in [-0.4, -0.2) is 5.11 Å². The van der Waals surface area contributed by atoms with E-state index in [4.69, 9.17) is 39.9 Å². The van der Waals surface area contributed by atoms with Crippen molar-refractivity contribution >= 4 is 34.8 Å². The summed E-state index contributed by atoms with van der Waals surface area (Å²) in [5.41, 5.74) is 0. The molecule has 0 aliphatic heterocycles. The van der Waals surface area contributed by atoms with E-state index >= 15 is 0 Å². The smallest absolute Gasteiger partial charge is 0.164 e. The first-order chi connectivity index (χ1) is 5.04. The average molecular weight is 215 g/mol. The Bertz CT molecular complexity index is 274. The molecule has 60 valence electrons. The fourth-order valence-electron chi connectivity index (χ4n) is 0.557. The van der Waals surface area contributed by atoms with Crippen LogP contribution in [0.15, 0.2) is 6.07 Å². The standard InChI is InChI=1S/C6H2Cl3FO/c7-2-1-3(8)6(11)4(9)5(2)10/h1,11H. The van der Waals surface area contributed by atoms with Crippen LogP contribution in [0.3, 0.4) is 0 Å². The van der Waals surface area contributed by atoms with E-state index in [1.807, 2.05) is 0 Å². The maximum absolute atomic E-state index is 12.7. The van der Waals surface area contributed by atoms with Crippen molar-refractivity contribution in [3.05, 3.63) is 27.0 Å². The summed E-state index contributed by atoms with van der Waals surface area (Å²) in [5, 5.41) is 8.21. The second-order valence-corrected chi connectivity index (χ2v) is 3.01. The first-order valence-electron chi connectivity index (χ1n) is 2.56. The lowest BCUT2D eigenvalue weighted by molar-refractivity contribution is 0.470. The van der Waals surface area contributed by atoms with Gasteiger partial charge in [0.2, 0.25) is 0 Å². The molecule has 0 aromatic heterocycles. The molecule has 0 aliphatic carbocycles. The fraction of sp³-hybridized carbons (Fsp3) is 0. The van der Waals surface area contributed by atoms with Crippen molar-refractivity contribution in [3.63, 3.8) is 0 Å². The second-order valence-electron chi connectivity index (χ2n) is 1.82. The molecule has 0 fully saturated rings. The Balaban J connectivity index is 3.46. The van der Waals surface area contributed by atoms with Crippen LogP contribution in [0.1, 0.15) is 0 Å². The minimum Gasteiger partial charge on any atom is -0.505 e. The molecule has 1 N–H and O–H groups in total. The number of hydrogen-bond acceptors (Lipinski definition) is 1. The Morgan fingerprint density at radius 3 is 2.27 bits per heavy atom. The minimum atomic E-state index is -0.866. The summed E-state index contributed by atoms with van der Waals surface area (Å²) in [5.74, 6) is -1.36. The van der Waals surface area contributed by atoms with E-state index in [1.165, 1.54) is 0 Å². The maximum atomic E-state index is 12.7.